The normalized spacial score (nSPS) is 10.7. The Balaban J connectivity index is 1.87. The summed E-state index contributed by atoms with van der Waals surface area (Å²) >= 11 is 1.64. The van der Waals surface area contributed by atoms with Crippen LogP contribution in [0.5, 0.6) is 0 Å². The number of aliphatic carboxylic acids is 1. The smallest absolute Gasteiger partial charge is 0.303 e. The fourth-order valence-electron chi connectivity index (χ4n) is 1.58. The van der Waals surface area contributed by atoms with Gasteiger partial charge in [0.25, 0.3) is 0 Å². The molecule has 0 amide bonds. The van der Waals surface area contributed by atoms with Crippen molar-refractivity contribution in [2.45, 2.75) is 32.7 Å². The van der Waals surface area contributed by atoms with Crippen LogP contribution in [0.3, 0.4) is 0 Å². The van der Waals surface area contributed by atoms with E-state index >= 15 is 0 Å². The van der Waals surface area contributed by atoms with Gasteiger partial charge in [0.2, 0.25) is 0 Å². The van der Waals surface area contributed by atoms with Crippen LogP contribution in [-0.2, 0) is 24.2 Å². The van der Waals surface area contributed by atoms with E-state index in [0.29, 0.717) is 6.42 Å². The molecule has 0 unspecified atom stereocenters. The van der Waals surface area contributed by atoms with E-state index in [1.807, 2.05) is 12.4 Å². The molecule has 0 aromatic carbocycles. The number of nitrogens with zero attached hydrogens (tertiary/aromatic N) is 4. The van der Waals surface area contributed by atoms with E-state index in [2.05, 4.69) is 15.3 Å². The first-order valence-corrected chi connectivity index (χ1v) is 6.53. The minimum absolute atomic E-state index is 0.0899. The maximum Gasteiger partial charge on any atom is 0.303 e. The average molecular weight is 266 g/mol. The third-order valence-corrected chi connectivity index (χ3v) is 3.59. The van der Waals surface area contributed by atoms with Gasteiger partial charge in [-0.2, -0.15) is 0 Å². The van der Waals surface area contributed by atoms with Crippen LogP contribution < -0.4 is 0 Å². The molecular formula is C11H14N4O2S. The monoisotopic (exact) mass is 266 g/mol. The molecule has 0 bridgehead atoms. The summed E-state index contributed by atoms with van der Waals surface area (Å²) in [5.41, 5.74) is 3.62. The second-order valence-corrected chi connectivity index (χ2v) is 4.92. The number of rotatable bonds is 6. The van der Waals surface area contributed by atoms with Gasteiger partial charge < -0.3 is 5.11 Å². The molecule has 2 aromatic heterocycles. The number of carboxylic acid groups (broad SMARTS) is 1. The molecule has 0 saturated carbocycles. The lowest BCUT2D eigenvalue weighted by atomic mass is 10.2. The quantitative estimate of drug-likeness (QED) is 0.852. The highest BCUT2D eigenvalue weighted by Crippen LogP contribution is 2.13. The van der Waals surface area contributed by atoms with Gasteiger partial charge in [-0.25, -0.2) is 4.98 Å². The first kappa shape index (κ1) is 12.7. The Labute approximate surface area is 108 Å². The first-order valence-electron chi connectivity index (χ1n) is 5.65. The molecule has 0 spiro atoms. The van der Waals surface area contributed by atoms with Gasteiger partial charge in [0.1, 0.15) is 0 Å². The van der Waals surface area contributed by atoms with Gasteiger partial charge in [-0.15, -0.1) is 16.4 Å². The zero-order chi connectivity index (χ0) is 13.0. The number of carbonyl (C=O) groups is 1. The van der Waals surface area contributed by atoms with Gasteiger partial charge in [0.15, 0.2) is 0 Å². The predicted octanol–water partition coefficient (Wildman–Crippen LogP) is 1.30. The Bertz CT molecular complexity index is 535. The number of thiazole rings is 1. The maximum absolute atomic E-state index is 10.4. The molecule has 6 nitrogen and oxygen atoms in total. The van der Waals surface area contributed by atoms with Crippen LogP contribution in [0.15, 0.2) is 11.7 Å². The van der Waals surface area contributed by atoms with Crippen molar-refractivity contribution in [1.29, 1.82) is 0 Å². The summed E-state index contributed by atoms with van der Waals surface area (Å²) in [5.74, 6) is -0.815. The summed E-state index contributed by atoms with van der Waals surface area (Å²) in [5, 5.41) is 16.5. The fourth-order valence-corrected chi connectivity index (χ4v) is 2.35. The largest absolute Gasteiger partial charge is 0.481 e. The highest BCUT2D eigenvalue weighted by Gasteiger charge is 2.05. The van der Waals surface area contributed by atoms with Crippen molar-refractivity contribution in [3.8, 4) is 0 Å². The molecule has 0 fully saturated rings. The van der Waals surface area contributed by atoms with Gasteiger partial charge in [0.05, 0.1) is 23.3 Å². The van der Waals surface area contributed by atoms with Gasteiger partial charge >= 0.3 is 5.97 Å². The van der Waals surface area contributed by atoms with Crippen molar-refractivity contribution in [2.24, 2.45) is 0 Å². The van der Waals surface area contributed by atoms with E-state index < -0.39 is 5.97 Å². The molecule has 96 valence electrons. The Morgan fingerprint density at radius 3 is 3.00 bits per heavy atom. The minimum Gasteiger partial charge on any atom is -0.481 e. The number of carboxylic acids is 1. The van der Waals surface area contributed by atoms with Crippen molar-refractivity contribution >= 4 is 17.3 Å². The van der Waals surface area contributed by atoms with Crippen LogP contribution in [0, 0.1) is 6.92 Å². The third kappa shape index (κ3) is 3.36. The third-order valence-electron chi connectivity index (χ3n) is 2.59. The molecule has 0 aliphatic carbocycles. The summed E-state index contributed by atoms with van der Waals surface area (Å²) in [6.07, 6.45) is 3.19. The van der Waals surface area contributed by atoms with Gasteiger partial charge in [0, 0.05) is 30.5 Å². The SMILES string of the molecule is Cc1ncsc1CCn1cc(CCC(=O)O)nn1. The van der Waals surface area contributed by atoms with Crippen LogP contribution in [0.25, 0.3) is 0 Å². The Kier molecular flexibility index (Phi) is 4.03. The van der Waals surface area contributed by atoms with Crippen molar-refractivity contribution in [2.75, 3.05) is 0 Å². The molecule has 0 radical (unpaired) electrons. The van der Waals surface area contributed by atoms with Crippen LogP contribution in [-0.4, -0.2) is 31.1 Å². The second-order valence-electron chi connectivity index (χ2n) is 3.98. The Morgan fingerprint density at radius 1 is 1.50 bits per heavy atom. The fraction of sp³-hybridized carbons (Fsp3) is 0.455. The van der Waals surface area contributed by atoms with Crippen LogP contribution in [0.4, 0.5) is 0 Å². The topological polar surface area (TPSA) is 80.9 Å². The highest BCUT2D eigenvalue weighted by atomic mass is 32.1. The van der Waals surface area contributed by atoms with Crippen LogP contribution in [0.1, 0.15) is 22.7 Å². The lowest BCUT2D eigenvalue weighted by molar-refractivity contribution is -0.136. The molecule has 2 heterocycles. The van der Waals surface area contributed by atoms with Crippen LogP contribution >= 0.6 is 11.3 Å². The molecule has 0 saturated heterocycles. The second kappa shape index (κ2) is 5.72. The van der Waals surface area contributed by atoms with Crippen molar-refractivity contribution in [3.63, 3.8) is 0 Å². The minimum atomic E-state index is -0.815. The number of aryl methyl sites for hydroxylation is 4. The van der Waals surface area contributed by atoms with E-state index in [1.165, 1.54) is 4.88 Å². The molecule has 7 heteroatoms. The van der Waals surface area contributed by atoms with Gasteiger partial charge in [-0.05, 0) is 6.92 Å². The number of hydrogen-bond acceptors (Lipinski definition) is 5. The predicted molar refractivity (Wildman–Crippen MR) is 66.5 cm³/mol. The average Bonchev–Trinajstić information content (AvgIpc) is 2.93. The Hall–Kier alpha value is -1.76. The summed E-state index contributed by atoms with van der Waals surface area (Å²) < 4.78 is 1.75. The molecule has 0 atom stereocenters. The van der Waals surface area contributed by atoms with Gasteiger partial charge in [-0.3, -0.25) is 9.48 Å². The molecule has 2 aromatic rings. The number of aromatic nitrogens is 4. The molecule has 18 heavy (non-hydrogen) atoms. The molecule has 0 aliphatic rings. The molecular weight excluding hydrogens is 252 g/mol. The zero-order valence-corrected chi connectivity index (χ0v) is 10.9. The summed E-state index contributed by atoms with van der Waals surface area (Å²) in [6.45, 7) is 2.73. The lowest BCUT2D eigenvalue weighted by Gasteiger charge is -1.98. The highest BCUT2D eigenvalue weighted by molar-refractivity contribution is 7.09. The van der Waals surface area contributed by atoms with E-state index in [-0.39, 0.29) is 6.42 Å². The van der Waals surface area contributed by atoms with Gasteiger partial charge in [-0.1, -0.05) is 5.21 Å². The van der Waals surface area contributed by atoms with E-state index in [0.717, 1.165) is 24.4 Å². The van der Waals surface area contributed by atoms with Crippen molar-refractivity contribution in [1.82, 2.24) is 20.0 Å². The standard InChI is InChI=1S/C11H14N4O2S/c1-8-10(18-7-12-8)4-5-15-6-9(13-14-15)2-3-11(16)17/h6-7H,2-5H2,1H3,(H,16,17). The summed E-state index contributed by atoms with van der Waals surface area (Å²) in [4.78, 5) is 15.9. The van der Waals surface area contributed by atoms with E-state index in [9.17, 15) is 4.79 Å². The van der Waals surface area contributed by atoms with E-state index in [1.54, 1.807) is 22.2 Å². The maximum atomic E-state index is 10.4. The molecule has 1 N–H and O–H groups in total. The molecule has 2 rings (SSSR count). The van der Waals surface area contributed by atoms with E-state index in [4.69, 9.17) is 5.11 Å². The Morgan fingerprint density at radius 2 is 2.33 bits per heavy atom. The zero-order valence-electron chi connectivity index (χ0n) is 10.0. The first-order chi connectivity index (χ1) is 8.65. The lowest BCUT2D eigenvalue weighted by Crippen LogP contribution is -2.02. The van der Waals surface area contributed by atoms with Crippen molar-refractivity contribution < 1.29 is 9.90 Å². The van der Waals surface area contributed by atoms with Crippen molar-refractivity contribution in [3.05, 3.63) is 28.0 Å². The van der Waals surface area contributed by atoms with Crippen LogP contribution in [0.2, 0.25) is 0 Å². The number of hydrogen-bond donors (Lipinski definition) is 1. The summed E-state index contributed by atoms with van der Waals surface area (Å²) in [6, 6.07) is 0. The molecule has 0 aliphatic heterocycles. The summed E-state index contributed by atoms with van der Waals surface area (Å²) in [7, 11) is 0.